The number of amides is 2. The van der Waals surface area contributed by atoms with E-state index in [1.807, 2.05) is 13.8 Å². The van der Waals surface area contributed by atoms with Gasteiger partial charge in [-0.25, -0.2) is 12.8 Å². The van der Waals surface area contributed by atoms with Crippen LogP contribution >= 0.6 is 0 Å². The number of halogens is 1. The van der Waals surface area contributed by atoms with E-state index in [1.54, 1.807) is 10.6 Å². The van der Waals surface area contributed by atoms with Gasteiger partial charge in [-0.1, -0.05) is 13.8 Å². The van der Waals surface area contributed by atoms with Gasteiger partial charge in [0.2, 0.25) is 5.91 Å². The number of sulfone groups is 1. The predicted molar refractivity (Wildman–Crippen MR) is 162 cm³/mol. The molecule has 13 heteroatoms. The number of ether oxygens (including phenoxy) is 2. The summed E-state index contributed by atoms with van der Waals surface area (Å²) in [7, 11) is -3.58. The van der Waals surface area contributed by atoms with Crippen LogP contribution in [0.15, 0.2) is 17.0 Å². The number of benzene rings is 1. The fourth-order valence-corrected chi connectivity index (χ4v) is 9.65. The maximum atomic E-state index is 15.6. The van der Waals surface area contributed by atoms with Gasteiger partial charge < -0.3 is 30.4 Å². The van der Waals surface area contributed by atoms with E-state index < -0.39 is 27.0 Å². The molecule has 1 saturated heterocycles. The molecule has 1 saturated carbocycles. The van der Waals surface area contributed by atoms with Crippen molar-refractivity contribution in [3.05, 3.63) is 40.5 Å². The van der Waals surface area contributed by atoms with E-state index >= 15 is 4.39 Å². The van der Waals surface area contributed by atoms with Gasteiger partial charge in [0.05, 0.1) is 59.7 Å². The smallest absolute Gasteiger partial charge is 0.253 e. The van der Waals surface area contributed by atoms with E-state index in [0.29, 0.717) is 66.2 Å². The van der Waals surface area contributed by atoms with Crippen LogP contribution in [0, 0.1) is 17.2 Å². The second kappa shape index (κ2) is 12.1. The first-order valence-electron chi connectivity index (χ1n) is 15.5. The molecule has 4 heterocycles. The number of carbonyl (C=O) groups is 2. The van der Waals surface area contributed by atoms with Crippen LogP contribution in [0.5, 0.6) is 0 Å². The molecule has 6 rings (SSSR count). The van der Waals surface area contributed by atoms with Gasteiger partial charge >= 0.3 is 0 Å². The maximum absolute atomic E-state index is 15.6. The first-order valence-corrected chi connectivity index (χ1v) is 17.1. The van der Waals surface area contributed by atoms with E-state index in [9.17, 15) is 18.0 Å². The highest BCUT2D eigenvalue weighted by Crippen LogP contribution is 2.44. The highest BCUT2D eigenvalue weighted by Gasteiger charge is 2.43. The van der Waals surface area contributed by atoms with Crippen molar-refractivity contribution in [1.82, 2.24) is 14.8 Å². The number of hydrogen-bond donors (Lipinski definition) is 3. The van der Waals surface area contributed by atoms with Gasteiger partial charge in [-0.2, -0.15) is 0 Å². The second-order valence-electron chi connectivity index (χ2n) is 13.3. The zero-order valence-corrected chi connectivity index (χ0v) is 26.2. The first-order chi connectivity index (χ1) is 20.9. The van der Waals surface area contributed by atoms with Crippen molar-refractivity contribution in [3.8, 4) is 5.69 Å². The van der Waals surface area contributed by atoms with Crippen molar-refractivity contribution >= 4 is 27.3 Å². The van der Waals surface area contributed by atoms with Crippen LogP contribution in [0.25, 0.3) is 5.69 Å². The Hall–Kier alpha value is -3.00. The highest BCUT2D eigenvalue weighted by atomic mass is 32.2. The third kappa shape index (κ3) is 6.11. The molecule has 0 atom stereocenters. The Morgan fingerprint density at radius 2 is 1.80 bits per heavy atom. The molecule has 1 aromatic heterocycles. The Bertz CT molecular complexity index is 1560. The number of aromatic nitrogens is 1. The molecule has 44 heavy (non-hydrogen) atoms. The zero-order valence-electron chi connectivity index (χ0n) is 25.4. The van der Waals surface area contributed by atoms with Gasteiger partial charge in [-0.15, -0.1) is 0 Å². The van der Waals surface area contributed by atoms with Gasteiger partial charge in [0, 0.05) is 49.4 Å². The number of carbonyl (C=O) groups excluding carboxylic acids is 2. The summed E-state index contributed by atoms with van der Waals surface area (Å²) in [6.45, 7) is 8.81. The number of primary amides is 1. The van der Waals surface area contributed by atoms with E-state index in [4.69, 9.17) is 15.2 Å². The minimum Gasteiger partial charge on any atom is -0.382 e. The number of morpholine rings is 1. The number of hydrogen-bond acceptors (Lipinski definition) is 8. The summed E-state index contributed by atoms with van der Waals surface area (Å²) in [4.78, 5) is 27.8. The molecule has 3 aliphatic heterocycles. The minimum atomic E-state index is -3.58. The van der Waals surface area contributed by atoms with Crippen molar-refractivity contribution in [2.75, 3.05) is 50.5 Å². The van der Waals surface area contributed by atoms with E-state index in [-0.39, 0.29) is 48.1 Å². The standard InChI is InChI=1S/C31H42FN5O6S/c1-31(2)15-25-28(44(40,41)18-31)22-16-43-17-26(22)37(25)21-13-23(32)27(29(33)38)24(14-21)35-20-5-3-19(4-6-20)30(39)34-7-8-36-9-11-42-12-10-36/h13-14,19-20,35H,3-12,15-18H2,1-2H3,(H2,33,38)(H,34,39). The first kappa shape index (κ1) is 31.0. The number of nitrogens with two attached hydrogens (primary N) is 1. The Balaban J connectivity index is 1.21. The lowest BCUT2D eigenvalue weighted by molar-refractivity contribution is -0.126. The molecule has 2 aromatic rings. The summed E-state index contributed by atoms with van der Waals surface area (Å²) in [5, 5.41) is 6.41. The monoisotopic (exact) mass is 631 g/mol. The Labute approximate surface area is 257 Å². The molecular weight excluding hydrogens is 589 g/mol. The number of anilines is 1. The summed E-state index contributed by atoms with van der Waals surface area (Å²) < 4.78 is 55.2. The van der Waals surface area contributed by atoms with Crippen LogP contribution in [-0.2, 0) is 43.7 Å². The highest BCUT2D eigenvalue weighted by molar-refractivity contribution is 7.91. The van der Waals surface area contributed by atoms with Crippen molar-refractivity contribution in [2.45, 2.75) is 70.1 Å². The van der Waals surface area contributed by atoms with Gasteiger partial charge in [-0.05, 0) is 49.7 Å². The van der Waals surface area contributed by atoms with Crippen LogP contribution in [0.3, 0.4) is 0 Å². The summed E-state index contributed by atoms with van der Waals surface area (Å²) in [5.74, 6) is -1.69. The molecule has 2 fully saturated rings. The van der Waals surface area contributed by atoms with E-state index in [1.165, 1.54) is 6.07 Å². The molecule has 0 spiro atoms. The van der Waals surface area contributed by atoms with Crippen LogP contribution in [0.2, 0.25) is 0 Å². The molecule has 2 amide bonds. The summed E-state index contributed by atoms with van der Waals surface area (Å²) in [6.07, 6.45) is 3.16. The molecule has 1 aromatic carbocycles. The molecule has 1 aliphatic carbocycles. The number of nitrogens with one attached hydrogen (secondary N) is 2. The summed E-state index contributed by atoms with van der Waals surface area (Å²) >= 11 is 0. The zero-order chi connectivity index (χ0) is 31.2. The van der Waals surface area contributed by atoms with E-state index in [0.717, 1.165) is 32.8 Å². The van der Waals surface area contributed by atoms with Crippen molar-refractivity contribution < 1.29 is 31.9 Å². The topological polar surface area (TPSA) is 145 Å². The predicted octanol–water partition coefficient (Wildman–Crippen LogP) is 2.52. The van der Waals surface area contributed by atoms with Gasteiger partial charge in [-0.3, -0.25) is 14.5 Å². The molecule has 0 radical (unpaired) electrons. The normalized spacial score (nSPS) is 24.3. The molecule has 0 bridgehead atoms. The van der Waals surface area contributed by atoms with Gasteiger partial charge in [0.25, 0.3) is 5.91 Å². The number of rotatable bonds is 8. The quantitative estimate of drug-likeness (QED) is 0.403. The number of fused-ring (bicyclic) bond motifs is 3. The number of nitrogens with zero attached hydrogens (tertiary/aromatic N) is 2. The molecule has 4 N–H and O–H groups in total. The van der Waals surface area contributed by atoms with Crippen LogP contribution in [0.1, 0.15) is 66.8 Å². The molecule has 0 unspecified atom stereocenters. The van der Waals surface area contributed by atoms with E-state index in [2.05, 4.69) is 15.5 Å². The third-order valence-electron chi connectivity index (χ3n) is 9.32. The lowest BCUT2D eigenvalue weighted by Crippen LogP contribution is -2.43. The SMILES string of the molecule is CC1(C)Cc2c(c3c(n2-c2cc(F)c(C(N)=O)c(NC4CCC(C(=O)NCCN5CCOCC5)CC4)c2)COC3)S(=O)(=O)C1. The average Bonchev–Trinajstić information content (AvgIpc) is 3.52. The molecular formula is C31H42FN5O6S. The third-order valence-corrected chi connectivity index (χ3v) is 11.6. The lowest BCUT2D eigenvalue weighted by atomic mass is 9.85. The van der Waals surface area contributed by atoms with Crippen molar-refractivity contribution in [2.24, 2.45) is 17.1 Å². The fourth-order valence-electron chi connectivity index (χ4n) is 7.30. The molecule has 11 nitrogen and oxygen atoms in total. The Morgan fingerprint density at radius 3 is 2.50 bits per heavy atom. The van der Waals surface area contributed by atoms with Gasteiger partial charge in [0.1, 0.15) is 5.82 Å². The Morgan fingerprint density at radius 1 is 1.07 bits per heavy atom. The van der Waals surface area contributed by atoms with Crippen molar-refractivity contribution in [3.63, 3.8) is 0 Å². The lowest BCUT2D eigenvalue weighted by Gasteiger charge is -2.31. The Kier molecular flexibility index (Phi) is 8.50. The maximum Gasteiger partial charge on any atom is 0.253 e. The fraction of sp³-hybridized carbons (Fsp3) is 0.613. The summed E-state index contributed by atoms with van der Waals surface area (Å²) in [6, 6.07) is 2.84. The average molecular weight is 632 g/mol. The minimum absolute atomic E-state index is 0.0276. The van der Waals surface area contributed by atoms with Crippen molar-refractivity contribution in [1.29, 1.82) is 0 Å². The largest absolute Gasteiger partial charge is 0.382 e. The van der Waals surface area contributed by atoms with Crippen LogP contribution in [0.4, 0.5) is 10.1 Å². The second-order valence-corrected chi connectivity index (χ2v) is 15.2. The van der Waals surface area contributed by atoms with Gasteiger partial charge in [0.15, 0.2) is 9.84 Å². The molecule has 240 valence electrons. The van der Waals surface area contributed by atoms with Crippen LogP contribution < -0.4 is 16.4 Å². The summed E-state index contributed by atoms with van der Waals surface area (Å²) in [5.41, 5.74) is 7.51. The van der Waals surface area contributed by atoms with Crippen LogP contribution in [-0.4, -0.2) is 80.9 Å². The molecule has 4 aliphatic rings.